The fourth-order valence-corrected chi connectivity index (χ4v) is 1.45. The Morgan fingerprint density at radius 3 is 2.58 bits per heavy atom. The molecule has 0 N–H and O–H groups in total. The minimum atomic E-state index is -0.403. The lowest BCUT2D eigenvalue weighted by Gasteiger charge is -1.95. The number of rotatable bonds is 1. The molecule has 0 atom stereocenters. The van der Waals surface area contributed by atoms with Gasteiger partial charge < -0.3 is 0 Å². The Bertz CT molecular complexity index is 319. The Balaban J connectivity index is 3.05. The first kappa shape index (κ1) is 10.2. The van der Waals surface area contributed by atoms with Crippen molar-refractivity contribution in [3.05, 3.63) is 38.0 Å². The first-order valence-electron chi connectivity index (χ1n) is 3.07. The van der Waals surface area contributed by atoms with Crippen molar-refractivity contribution in [2.45, 2.75) is 0 Å². The number of hydrogen-bond acceptors (Lipinski definition) is 0. The average Bonchev–Trinajstić information content (AvgIpc) is 1.96. The molecule has 0 spiro atoms. The predicted molar refractivity (Wildman–Crippen MR) is 57.2 cm³/mol. The van der Waals surface area contributed by atoms with E-state index in [1.165, 1.54) is 6.07 Å². The minimum Gasteiger partial charge on any atom is -0.205 e. The molecule has 0 aliphatic rings. The quantitative estimate of drug-likeness (QED) is 0.712. The zero-order chi connectivity index (χ0) is 9.14. The van der Waals surface area contributed by atoms with Crippen LogP contribution in [0.15, 0.2) is 21.6 Å². The van der Waals surface area contributed by atoms with Gasteiger partial charge in [0.1, 0.15) is 5.82 Å². The van der Waals surface area contributed by atoms with Gasteiger partial charge in [-0.05, 0) is 55.6 Å². The molecule has 12 heavy (non-hydrogen) atoms. The van der Waals surface area contributed by atoms with Crippen LogP contribution in [0.2, 0.25) is 5.02 Å². The van der Waals surface area contributed by atoms with Crippen LogP contribution in [0, 0.1) is 5.82 Å². The summed E-state index contributed by atoms with van der Waals surface area (Å²) >= 11 is 12.0. The maximum absolute atomic E-state index is 12.7. The Morgan fingerprint density at radius 1 is 1.42 bits per heavy atom. The van der Waals surface area contributed by atoms with Gasteiger partial charge in [-0.2, -0.15) is 0 Å². The maximum atomic E-state index is 12.7. The van der Waals surface area contributed by atoms with E-state index in [1.807, 2.05) is 0 Å². The summed E-state index contributed by atoms with van der Waals surface area (Å²) in [5.41, 5.74) is 0.838. The second-order valence-electron chi connectivity index (χ2n) is 2.11. The van der Waals surface area contributed by atoms with E-state index in [0.29, 0.717) is 0 Å². The van der Waals surface area contributed by atoms with E-state index in [1.54, 1.807) is 18.2 Å². The first-order chi connectivity index (χ1) is 5.59. The molecule has 0 amide bonds. The van der Waals surface area contributed by atoms with Crippen LogP contribution >= 0.6 is 43.5 Å². The van der Waals surface area contributed by atoms with Crippen LogP contribution in [0.5, 0.6) is 0 Å². The predicted octanol–water partition coefficient (Wildman–Crippen LogP) is 4.57. The molecule has 0 unspecified atom stereocenters. The summed E-state index contributed by atoms with van der Waals surface area (Å²) in [7, 11) is 0. The molecule has 0 radical (unpaired) electrons. The van der Waals surface area contributed by atoms with Crippen LogP contribution in [0.3, 0.4) is 0 Å². The monoisotopic (exact) mass is 312 g/mol. The Morgan fingerprint density at radius 2 is 2.08 bits per heavy atom. The lowest BCUT2D eigenvalue weighted by molar-refractivity contribution is 0.628. The van der Waals surface area contributed by atoms with Gasteiger partial charge in [0.15, 0.2) is 0 Å². The molecule has 0 aromatic heterocycles. The number of halogens is 4. The third-order valence-electron chi connectivity index (χ3n) is 1.22. The maximum Gasteiger partial charge on any atom is 0.141 e. The molecule has 4 heteroatoms. The fraction of sp³-hybridized carbons (Fsp3) is 0. The van der Waals surface area contributed by atoms with Crippen LogP contribution < -0.4 is 0 Å². The highest BCUT2D eigenvalue weighted by molar-refractivity contribution is 9.28. The van der Waals surface area contributed by atoms with Gasteiger partial charge in [0.25, 0.3) is 0 Å². The molecular formula is C8H4Br2ClF. The largest absolute Gasteiger partial charge is 0.205 e. The summed E-state index contributed by atoms with van der Waals surface area (Å²) < 4.78 is 13.4. The summed E-state index contributed by atoms with van der Waals surface area (Å²) in [5.74, 6) is -0.403. The van der Waals surface area contributed by atoms with Crippen molar-refractivity contribution >= 4 is 49.5 Å². The first-order valence-corrected chi connectivity index (χ1v) is 5.04. The zero-order valence-electron chi connectivity index (χ0n) is 5.82. The highest BCUT2D eigenvalue weighted by Crippen LogP contribution is 2.21. The SMILES string of the molecule is Fc1ccc(C=C(Br)Br)cc1Cl. The molecule has 0 fully saturated rings. The zero-order valence-corrected chi connectivity index (χ0v) is 9.75. The van der Waals surface area contributed by atoms with Crippen LogP contribution in [-0.4, -0.2) is 0 Å². The van der Waals surface area contributed by atoms with Gasteiger partial charge in [0.2, 0.25) is 0 Å². The number of hydrogen-bond donors (Lipinski definition) is 0. The van der Waals surface area contributed by atoms with E-state index in [-0.39, 0.29) is 5.02 Å². The smallest absolute Gasteiger partial charge is 0.141 e. The van der Waals surface area contributed by atoms with E-state index in [9.17, 15) is 4.39 Å². The average molecular weight is 314 g/mol. The summed E-state index contributed by atoms with van der Waals surface area (Å²) in [4.78, 5) is 0. The van der Waals surface area contributed by atoms with Gasteiger partial charge in [-0.25, -0.2) is 4.39 Å². The molecule has 0 aliphatic heterocycles. The molecule has 0 saturated carbocycles. The Labute approximate surface area is 91.7 Å². The molecule has 0 aliphatic carbocycles. The van der Waals surface area contributed by atoms with Gasteiger partial charge in [0.05, 0.1) is 8.41 Å². The van der Waals surface area contributed by atoms with Crippen molar-refractivity contribution in [3.63, 3.8) is 0 Å². The van der Waals surface area contributed by atoms with Crippen LogP contribution in [0.25, 0.3) is 6.08 Å². The molecule has 0 saturated heterocycles. The molecule has 64 valence electrons. The van der Waals surface area contributed by atoms with Crippen LogP contribution in [0.1, 0.15) is 5.56 Å². The van der Waals surface area contributed by atoms with Crippen molar-refractivity contribution in [2.24, 2.45) is 0 Å². The van der Waals surface area contributed by atoms with Gasteiger partial charge in [-0.15, -0.1) is 0 Å². The van der Waals surface area contributed by atoms with Gasteiger partial charge >= 0.3 is 0 Å². The second-order valence-corrected chi connectivity index (χ2v) is 5.29. The highest BCUT2D eigenvalue weighted by Gasteiger charge is 1.98. The third-order valence-corrected chi connectivity index (χ3v) is 1.97. The summed E-state index contributed by atoms with van der Waals surface area (Å²) in [6.07, 6.45) is 1.78. The number of benzene rings is 1. The van der Waals surface area contributed by atoms with Crippen molar-refractivity contribution in [1.29, 1.82) is 0 Å². The van der Waals surface area contributed by atoms with Gasteiger partial charge in [-0.1, -0.05) is 17.7 Å². The Kier molecular flexibility index (Phi) is 3.75. The summed E-state index contributed by atoms with van der Waals surface area (Å²) in [5, 5.41) is 0.130. The minimum absolute atomic E-state index is 0.130. The van der Waals surface area contributed by atoms with E-state index in [0.717, 1.165) is 8.96 Å². The molecule has 0 bridgehead atoms. The molecule has 1 aromatic carbocycles. The summed E-state index contributed by atoms with van der Waals surface area (Å²) in [6, 6.07) is 4.53. The second kappa shape index (κ2) is 4.40. The van der Waals surface area contributed by atoms with E-state index in [2.05, 4.69) is 31.9 Å². The lowest BCUT2D eigenvalue weighted by atomic mass is 10.2. The van der Waals surface area contributed by atoms with E-state index in [4.69, 9.17) is 11.6 Å². The highest BCUT2D eigenvalue weighted by atomic mass is 79.9. The van der Waals surface area contributed by atoms with E-state index >= 15 is 0 Å². The van der Waals surface area contributed by atoms with Crippen molar-refractivity contribution in [3.8, 4) is 0 Å². The standard InChI is InChI=1S/C8H4Br2ClF/c9-8(10)4-5-1-2-7(12)6(11)3-5/h1-4H. The van der Waals surface area contributed by atoms with Crippen molar-refractivity contribution in [1.82, 2.24) is 0 Å². The molecule has 1 aromatic rings. The van der Waals surface area contributed by atoms with Crippen LogP contribution in [0.4, 0.5) is 4.39 Å². The van der Waals surface area contributed by atoms with Crippen LogP contribution in [-0.2, 0) is 0 Å². The van der Waals surface area contributed by atoms with Crippen molar-refractivity contribution < 1.29 is 4.39 Å². The molecular weight excluding hydrogens is 310 g/mol. The Hall–Kier alpha value is 0.140. The van der Waals surface area contributed by atoms with Crippen molar-refractivity contribution in [2.75, 3.05) is 0 Å². The molecule has 1 rings (SSSR count). The normalized spacial score (nSPS) is 9.67. The van der Waals surface area contributed by atoms with Gasteiger partial charge in [-0.3, -0.25) is 0 Å². The fourth-order valence-electron chi connectivity index (χ4n) is 0.728. The molecule has 0 heterocycles. The topological polar surface area (TPSA) is 0 Å². The van der Waals surface area contributed by atoms with E-state index < -0.39 is 5.82 Å². The van der Waals surface area contributed by atoms with Gasteiger partial charge in [0, 0.05) is 0 Å². The lowest BCUT2D eigenvalue weighted by Crippen LogP contribution is -1.77. The summed E-state index contributed by atoms with van der Waals surface area (Å²) in [6.45, 7) is 0. The third kappa shape index (κ3) is 2.88. The molecule has 0 nitrogen and oxygen atoms in total.